The lowest BCUT2D eigenvalue weighted by atomic mass is 9.89. The van der Waals surface area contributed by atoms with Crippen LogP contribution in [0.2, 0.25) is 0 Å². The van der Waals surface area contributed by atoms with Gasteiger partial charge in [-0.3, -0.25) is 0 Å². The Morgan fingerprint density at radius 1 is 0.893 bits per heavy atom. The van der Waals surface area contributed by atoms with Crippen LogP contribution in [0.4, 0.5) is 0 Å². The van der Waals surface area contributed by atoms with Crippen molar-refractivity contribution < 1.29 is 5.11 Å². The molecular weight excluding hydrogens is 364 g/mol. The first-order chi connectivity index (χ1) is 13.7. The first-order valence-electron chi connectivity index (χ1n) is 9.81. The Bertz CT molecular complexity index is 1110. The van der Waals surface area contributed by atoms with Crippen molar-refractivity contribution in [3.05, 3.63) is 88.7 Å². The van der Waals surface area contributed by atoms with E-state index in [1.54, 1.807) is 0 Å². The molecule has 0 amide bonds. The molecule has 1 heterocycles. The molecule has 3 aromatic carbocycles. The van der Waals surface area contributed by atoms with E-state index in [-0.39, 0.29) is 11.8 Å². The highest BCUT2D eigenvalue weighted by Crippen LogP contribution is 2.34. The zero-order chi connectivity index (χ0) is 19.1. The summed E-state index contributed by atoms with van der Waals surface area (Å²) < 4.78 is 0. The Balaban J connectivity index is 1.63. The van der Waals surface area contributed by atoms with Gasteiger partial charge in [0.1, 0.15) is 11.8 Å². The van der Waals surface area contributed by atoms with Gasteiger partial charge in [-0.2, -0.15) is 0 Å². The minimum atomic E-state index is -0.370. The lowest BCUT2D eigenvalue weighted by molar-refractivity contribution is 0.356. The summed E-state index contributed by atoms with van der Waals surface area (Å²) in [5.74, 6) is 0.278. The summed E-state index contributed by atoms with van der Waals surface area (Å²) in [7, 11) is 0. The molecule has 0 fully saturated rings. The standard InChI is InChI=1S/C24H22N2OS/c27-23-21(18-13-12-15-6-1-2-8-17(15)14-18)25-24(28)26-22(23)20-11-5-9-16-7-3-4-10-19(16)20/h3-5,7,9-14,22,27H,1-2,6,8H2,(H2,25,26,28). The van der Waals surface area contributed by atoms with Crippen molar-refractivity contribution in [2.75, 3.05) is 0 Å². The summed E-state index contributed by atoms with van der Waals surface area (Å²) in [4.78, 5) is 0. The van der Waals surface area contributed by atoms with E-state index in [0.717, 1.165) is 34.7 Å². The average molecular weight is 387 g/mol. The number of aryl methyl sites for hydroxylation is 2. The quantitative estimate of drug-likeness (QED) is 0.532. The highest BCUT2D eigenvalue weighted by molar-refractivity contribution is 7.80. The number of hydrogen-bond acceptors (Lipinski definition) is 2. The van der Waals surface area contributed by atoms with Gasteiger partial charge in [0, 0.05) is 5.56 Å². The molecule has 4 heteroatoms. The number of rotatable bonds is 2. The van der Waals surface area contributed by atoms with Gasteiger partial charge in [-0.1, -0.05) is 54.6 Å². The zero-order valence-corrected chi connectivity index (χ0v) is 16.4. The number of fused-ring (bicyclic) bond motifs is 2. The maximum absolute atomic E-state index is 11.2. The summed E-state index contributed by atoms with van der Waals surface area (Å²) in [5, 5.41) is 20.4. The summed E-state index contributed by atoms with van der Waals surface area (Å²) in [6.07, 6.45) is 4.74. The summed E-state index contributed by atoms with van der Waals surface area (Å²) in [6, 6.07) is 20.5. The maximum Gasteiger partial charge on any atom is 0.171 e. The molecule has 5 rings (SSSR count). The molecule has 28 heavy (non-hydrogen) atoms. The number of nitrogens with one attached hydrogen (secondary N) is 2. The Labute approximate surface area is 170 Å². The highest BCUT2D eigenvalue weighted by Gasteiger charge is 2.28. The number of thiocarbonyl (C=S) groups is 1. The molecule has 0 radical (unpaired) electrons. The van der Waals surface area contributed by atoms with Gasteiger partial charge in [0.15, 0.2) is 5.11 Å². The van der Waals surface area contributed by atoms with Gasteiger partial charge in [-0.15, -0.1) is 0 Å². The molecule has 3 nitrogen and oxygen atoms in total. The van der Waals surface area contributed by atoms with E-state index >= 15 is 0 Å². The van der Waals surface area contributed by atoms with Gasteiger partial charge in [0.25, 0.3) is 0 Å². The topological polar surface area (TPSA) is 44.3 Å². The summed E-state index contributed by atoms with van der Waals surface area (Å²) >= 11 is 5.49. The average Bonchev–Trinajstić information content (AvgIpc) is 2.74. The van der Waals surface area contributed by atoms with E-state index in [0.29, 0.717) is 10.8 Å². The molecule has 0 spiro atoms. The van der Waals surface area contributed by atoms with Crippen molar-refractivity contribution in [2.24, 2.45) is 0 Å². The molecular formula is C24H22N2OS. The second kappa shape index (κ2) is 6.95. The molecule has 1 aliphatic heterocycles. The van der Waals surface area contributed by atoms with Gasteiger partial charge < -0.3 is 15.7 Å². The number of aliphatic hydroxyl groups is 1. The molecule has 140 valence electrons. The molecule has 1 unspecified atom stereocenters. The van der Waals surface area contributed by atoms with Crippen molar-refractivity contribution >= 4 is 33.8 Å². The van der Waals surface area contributed by atoms with E-state index in [9.17, 15) is 5.11 Å². The molecule has 2 aliphatic rings. The number of hydrogen-bond donors (Lipinski definition) is 3. The lowest BCUT2D eigenvalue weighted by Gasteiger charge is -2.30. The van der Waals surface area contributed by atoms with Crippen molar-refractivity contribution in [3.63, 3.8) is 0 Å². The number of aliphatic hydroxyl groups excluding tert-OH is 1. The largest absolute Gasteiger partial charge is 0.508 e. The fourth-order valence-electron chi connectivity index (χ4n) is 4.39. The van der Waals surface area contributed by atoms with E-state index in [1.807, 2.05) is 18.2 Å². The Kier molecular flexibility index (Phi) is 4.29. The number of benzene rings is 3. The van der Waals surface area contributed by atoms with Crippen LogP contribution in [-0.4, -0.2) is 10.2 Å². The first-order valence-corrected chi connectivity index (χ1v) is 10.2. The predicted molar refractivity (Wildman–Crippen MR) is 118 cm³/mol. The summed E-state index contributed by atoms with van der Waals surface area (Å²) in [6.45, 7) is 0. The van der Waals surface area contributed by atoms with Crippen molar-refractivity contribution in [1.82, 2.24) is 10.6 Å². The molecule has 0 aromatic heterocycles. The van der Waals surface area contributed by atoms with Crippen molar-refractivity contribution in [1.29, 1.82) is 0 Å². The monoisotopic (exact) mass is 386 g/mol. The van der Waals surface area contributed by atoms with Crippen LogP contribution in [0.15, 0.2) is 66.4 Å². The minimum absolute atomic E-state index is 0.278. The van der Waals surface area contributed by atoms with Crippen LogP contribution in [-0.2, 0) is 12.8 Å². The van der Waals surface area contributed by atoms with E-state index in [2.05, 4.69) is 53.1 Å². The molecule has 1 aliphatic carbocycles. The van der Waals surface area contributed by atoms with Crippen LogP contribution >= 0.6 is 12.2 Å². The van der Waals surface area contributed by atoms with E-state index in [4.69, 9.17) is 12.2 Å². The second-order valence-corrected chi connectivity index (χ2v) is 7.96. The Hall–Kier alpha value is -2.85. The van der Waals surface area contributed by atoms with Crippen molar-refractivity contribution in [3.8, 4) is 0 Å². The molecule has 1 atom stereocenters. The lowest BCUT2D eigenvalue weighted by Crippen LogP contribution is -2.43. The van der Waals surface area contributed by atoms with Crippen molar-refractivity contribution in [2.45, 2.75) is 31.7 Å². The fourth-order valence-corrected chi connectivity index (χ4v) is 4.61. The molecule has 0 bridgehead atoms. The smallest absolute Gasteiger partial charge is 0.171 e. The van der Waals surface area contributed by atoms with Crippen LogP contribution < -0.4 is 10.6 Å². The predicted octanol–water partition coefficient (Wildman–Crippen LogP) is 5.16. The third-order valence-corrected chi connectivity index (χ3v) is 6.03. The fraction of sp³-hybridized carbons (Fsp3) is 0.208. The maximum atomic E-state index is 11.2. The normalized spacial score (nSPS) is 19.1. The van der Waals surface area contributed by atoms with Crippen LogP contribution in [0.25, 0.3) is 16.5 Å². The SMILES string of the molecule is OC1=C(c2ccc3c(c2)CCCC3)NC(=S)NC1c1cccc2ccccc12. The third kappa shape index (κ3) is 2.94. The van der Waals surface area contributed by atoms with Crippen LogP contribution in [0.1, 0.15) is 41.1 Å². The third-order valence-electron chi connectivity index (χ3n) is 5.82. The summed E-state index contributed by atoms with van der Waals surface area (Å²) in [5.41, 5.74) is 5.53. The molecule has 0 saturated heterocycles. The highest BCUT2D eigenvalue weighted by atomic mass is 32.1. The van der Waals surface area contributed by atoms with E-state index < -0.39 is 0 Å². The van der Waals surface area contributed by atoms with E-state index in [1.165, 1.54) is 24.0 Å². The molecule has 3 aromatic rings. The van der Waals surface area contributed by atoms with Gasteiger partial charge >= 0.3 is 0 Å². The second-order valence-electron chi connectivity index (χ2n) is 7.55. The van der Waals surface area contributed by atoms with Gasteiger partial charge in [-0.05, 0) is 71.4 Å². The van der Waals surface area contributed by atoms with Gasteiger partial charge in [0.05, 0.1) is 5.70 Å². The van der Waals surface area contributed by atoms with Gasteiger partial charge in [-0.25, -0.2) is 0 Å². The zero-order valence-electron chi connectivity index (χ0n) is 15.5. The van der Waals surface area contributed by atoms with Crippen LogP contribution in [0.5, 0.6) is 0 Å². The molecule has 3 N–H and O–H groups in total. The minimum Gasteiger partial charge on any atom is -0.508 e. The Morgan fingerprint density at radius 3 is 2.57 bits per heavy atom. The van der Waals surface area contributed by atoms with Crippen LogP contribution in [0.3, 0.4) is 0 Å². The first kappa shape index (κ1) is 17.3. The molecule has 0 saturated carbocycles. The van der Waals surface area contributed by atoms with Crippen LogP contribution in [0, 0.1) is 0 Å². The van der Waals surface area contributed by atoms with Gasteiger partial charge in [0.2, 0.25) is 0 Å². The Morgan fingerprint density at radius 2 is 1.68 bits per heavy atom.